The van der Waals surface area contributed by atoms with Gasteiger partial charge in [0.05, 0.1) is 6.67 Å². The van der Waals surface area contributed by atoms with Crippen molar-refractivity contribution in [1.29, 1.82) is 0 Å². The molecule has 1 aliphatic rings. The van der Waals surface area contributed by atoms with E-state index >= 15 is 0 Å². The molecule has 1 fully saturated rings. The fourth-order valence-corrected chi connectivity index (χ4v) is 1.84. The second kappa shape index (κ2) is 6.89. The average molecular weight is 210 g/mol. The maximum atomic E-state index is 4.07. The SMILES string of the molecule is C=C(NCNC)[C@@H](C)CCCCC1CC1. The topological polar surface area (TPSA) is 24.1 Å². The van der Waals surface area contributed by atoms with E-state index in [1.807, 2.05) is 7.05 Å². The van der Waals surface area contributed by atoms with Gasteiger partial charge in [0.1, 0.15) is 0 Å². The molecule has 0 unspecified atom stereocenters. The summed E-state index contributed by atoms with van der Waals surface area (Å²) in [5.41, 5.74) is 1.18. The standard InChI is InChI=1S/C13H26N2/c1-11(12(2)15-10-14-3)6-4-5-7-13-8-9-13/h11,13-15H,2,4-10H2,1,3H3/t11-/m0/s1. The Balaban J connectivity index is 1.95. The van der Waals surface area contributed by atoms with E-state index in [2.05, 4.69) is 24.1 Å². The second-order valence-corrected chi connectivity index (χ2v) is 4.86. The zero-order valence-electron chi connectivity index (χ0n) is 10.3. The molecular weight excluding hydrogens is 184 g/mol. The third-order valence-electron chi connectivity index (χ3n) is 3.28. The third kappa shape index (κ3) is 5.83. The Bertz CT molecular complexity index is 185. The van der Waals surface area contributed by atoms with Crippen molar-refractivity contribution in [3.05, 3.63) is 12.3 Å². The molecular formula is C13H26N2. The normalized spacial score (nSPS) is 17.5. The molecule has 1 saturated carbocycles. The summed E-state index contributed by atoms with van der Waals surface area (Å²) in [4.78, 5) is 0. The molecule has 0 radical (unpaired) electrons. The van der Waals surface area contributed by atoms with Crippen LogP contribution < -0.4 is 10.6 Å². The maximum Gasteiger partial charge on any atom is 0.0647 e. The Kier molecular flexibility index (Phi) is 5.77. The summed E-state index contributed by atoms with van der Waals surface area (Å²) in [6.45, 7) is 7.16. The van der Waals surface area contributed by atoms with Crippen LogP contribution in [-0.4, -0.2) is 13.7 Å². The van der Waals surface area contributed by atoms with Gasteiger partial charge in [-0.1, -0.05) is 45.6 Å². The highest BCUT2D eigenvalue weighted by atomic mass is 15.0. The Hall–Kier alpha value is -0.500. The van der Waals surface area contributed by atoms with Gasteiger partial charge in [0.25, 0.3) is 0 Å². The van der Waals surface area contributed by atoms with Gasteiger partial charge in [-0.2, -0.15) is 0 Å². The fraction of sp³-hybridized carbons (Fsp3) is 0.846. The molecule has 0 aliphatic heterocycles. The van der Waals surface area contributed by atoms with Gasteiger partial charge in [-0.05, 0) is 25.3 Å². The van der Waals surface area contributed by atoms with E-state index in [4.69, 9.17) is 0 Å². The lowest BCUT2D eigenvalue weighted by atomic mass is 10.00. The van der Waals surface area contributed by atoms with Crippen LogP contribution in [0.25, 0.3) is 0 Å². The minimum Gasteiger partial charge on any atom is -0.376 e. The molecule has 0 aromatic rings. The number of hydrogen-bond acceptors (Lipinski definition) is 2. The van der Waals surface area contributed by atoms with Gasteiger partial charge in [-0.3, -0.25) is 0 Å². The van der Waals surface area contributed by atoms with Crippen LogP contribution in [0.2, 0.25) is 0 Å². The summed E-state index contributed by atoms with van der Waals surface area (Å²) in [6, 6.07) is 0. The molecule has 0 amide bonds. The first kappa shape index (κ1) is 12.6. The monoisotopic (exact) mass is 210 g/mol. The summed E-state index contributed by atoms with van der Waals surface area (Å²) in [7, 11) is 1.95. The summed E-state index contributed by atoms with van der Waals surface area (Å²) >= 11 is 0. The van der Waals surface area contributed by atoms with Gasteiger partial charge in [0.2, 0.25) is 0 Å². The van der Waals surface area contributed by atoms with Gasteiger partial charge in [0, 0.05) is 5.70 Å². The van der Waals surface area contributed by atoms with E-state index in [9.17, 15) is 0 Å². The number of allylic oxidation sites excluding steroid dienone is 1. The molecule has 0 bridgehead atoms. The highest BCUT2D eigenvalue weighted by Crippen LogP contribution is 2.34. The molecule has 2 nitrogen and oxygen atoms in total. The van der Waals surface area contributed by atoms with Crippen molar-refractivity contribution < 1.29 is 0 Å². The highest BCUT2D eigenvalue weighted by molar-refractivity contribution is 4.95. The van der Waals surface area contributed by atoms with Crippen molar-refractivity contribution in [3.8, 4) is 0 Å². The van der Waals surface area contributed by atoms with E-state index in [1.165, 1.54) is 44.2 Å². The third-order valence-corrected chi connectivity index (χ3v) is 3.28. The smallest absolute Gasteiger partial charge is 0.0647 e. The van der Waals surface area contributed by atoms with Crippen LogP contribution in [0.1, 0.15) is 45.4 Å². The minimum absolute atomic E-state index is 0.609. The van der Waals surface area contributed by atoms with E-state index < -0.39 is 0 Å². The van der Waals surface area contributed by atoms with Crippen LogP contribution in [0.3, 0.4) is 0 Å². The van der Waals surface area contributed by atoms with Crippen LogP contribution in [0.4, 0.5) is 0 Å². The fourth-order valence-electron chi connectivity index (χ4n) is 1.84. The van der Waals surface area contributed by atoms with Gasteiger partial charge >= 0.3 is 0 Å². The molecule has 1 rings (SSSR count). The molecule has 0 spiro atoms. The van der Waals surface area contributed by atoms with Crippen molar-refractivity contribution >= 4 is 0 Å². The Labute approximate surface area is 94.5 Å². The first-order valence-corrected chi connectivity index (χ1v) is 6.31. The molecule has 1 atom stereocenters. The maximum absolute atomic E-state index is 4.07. The van der Waals surface area contributed by atoms with Crippen molar-refractivity contribution in [3.63, 3.8) is 0 Å². The Morgan fingerprint density at radius 3 is 2.73 bits per heavy atom. The zero-order valence-corrected chi connectivity index (χ0v) is 10.3. The van der Waals surface area contributed by atoms with Gasteiger partial charge in [0.15, 0.2) is 0 Å². The van der Waals surface area contributed by atoms with E-state index in [0.717, 1.165) is 12.6 Å². The number of hydrogen-bond donors (Lipinski definition) is 2. The number of unbranched alkanes of at least 4 members (excludes halogenated alkanes) is 1. The molecule has 2 N–H and O–H groups in total. The van der Waals surface area contributed by atoms with Gasteiger partial charge in [-0.25, -0.2) is 0 Å². The van der Waals surface area contributed by atoms with Crippen LogP contribution in [0, 0.1) is 11.8 Å². The van der Waals surface area contributed by atoms with E-state index in [1.54, 1.807) is 0 Å². The lowest BCUT2D eigenvalue weighted by Gasteiger charge is -2.16. The van der Waals surface area contributed by atoms with E-state index in [-0.39, 0.29) is 0 Å². The van der Waals surface area contributed by atoms with Crippen LogP contribution >= 0.6 is 0 Å². The largest absolute Gasteiger partial charge is 0.376 e. The Morgan fingerprint density at radius 1 is 1.40 bits per heavy atom. The Morgan fingerprint density at radius 2 is 2.13 bits per heavy atom. The van der Waals surface area contributed by atoms with Crippen LogP contribution in [0.5, 0.6) is 0 Å². The lowest BCUT2D eigenvalue weighted by molar-refractivity contribution is 0.502. The minimum atomic E-state index is 0.609. The van der Waals surface area contributed by atoms with Gasteiger partial charge in [-0.15, -0.1) is 0 Å². The summed E-state index contributed by atoms with van der Waals surface area (Å²) in [5.74, 6) is 1.70. The molecule has 0 heterocycles. The lowest BCUT2D eigenvalue weighted by Crippen LogP contribution is -2.27. The molecule has 15 heavy (non-hydrogen) atoms. The summed E-state index contributed by atoms with van der Waals surface area (Å²) in [5, 5.41) is 6.36. The number of nitrogens with one attached hydrogen (secondary N) is 2. The van der Waals surface area contributed by atoms with Gasteiger partial charge < -0.3 is 10.6 Å². The van der Waals surface area contributed by atoms with Crippen LogP contribution in [-0.2, 0) is 0 Å². The molecule has 0 aromatic heterocycles. The first-order chi connectivity index (χ1) is 7.24. The van der Waals surface area contributed by atoms with Crippen molar-refractivity contribution in [2.24, 2.45) is 11.8 Å². The molecule has 88 valence electrons. The molecule has 1 aliphatic carbocycles. The average Bonchev–Trinajstić information content (AvgIpc) is 3.04. The van der Waals surface area contributed by atoms with Crippen molar-refractivity contribution in [2.75, 3.05) is 13.7 Å². The van der Waals surface area contributed by atoms with E-state index in [0.29, 0.717) is 5.92 Å². The highest BCUT2D eigenvalue weighted by Gasteiger charge is 2.20. The predicted octanol–water partition coefficient (Wildman–Crippen LogP) is 2.87. The zero-order chi connectivity index (χ0) is 11.1. The van der Waals surface area contributed by atoms with Crippen LogP contribution in [0.15, 0.2) is 12.3 Å². The van der Waals surface area contributed by atoms with Crippen molar-refractivity contribution in [1.82, 2.24) is 10.6 Å². The number of rotatable bonds is 9. The molecule has 0 saturated heterocycles. The molecule has 0 aromatic carbocycles. The molecule has 2 heteroatoms. The summed E-state index contributed by atoms with van der Waals surface area (Å²) < 4.78 is 0. The quantitative estimate of drug-likeness (QED) is 0.452. The van der Waals surface area contributed by atoms with Crippen molar-refractivity contribution in [2.45, 2.75) is 45.4 Å². The first-order valence-electron chi connectivity index (χ1n) is 6.31. The second-order valence-electron chi connectivity index (χ2n) is 4.86. The predicted molar refractivity (Wildman–Crippen MR) is 66.6 cm³/mol. The summed E-state index contributed by atoms with van der Waals surface area (Å²) in [6.07, 6.45) is 8.50.